The molecule has 1 aromatic heterocycles. The van der Waals surface area contributed by atoms with Crippen molar-refractivity contribution in [3.05, 3.63) is 36.0 Å². The molecule has 0 spiro atoms. The smallest absolute Gasteiger partial charge is 0.442 e. The average molecular weight is 375 g/mol. The molecule has 1 heterocycles. The highest BCUT2D eigenvalue weighted by Crippen LogP contribution is 2.32. The number of aromatic nitrogens is 2. The third-order valence-corrected chi connectivity index (χ3v) is 3.89. The highest BCUT2D eigenvalue weighted by molar-refractivity contribution is 8.00. The van der Waals surface area contributed by atoms with Crippen LogP contribution in [0.25, 0.3) is 0 Å². The van der Waals surface area contributed by atoms with Crippen LogP contribution in [-0.2, 0) is 11.3 Å². The van der Waals surface area contributed by atoms with Gasteiger partial charge in [0.05, 0.1) is 32.7 Å². The van der Waals surface area contributed by atoms with Crippen LogP contribution in [0.5, 0.6) is 11.5 Å². The zero-order chi connectivity index (χ0) is 18.4. The number of anilines is 1. The van der Waals surface area contributed by atoms with Crippen molar-refractivity contribution in [1.29, 1.82) is 0 Å². The maximum absolute atomic E-state index is 12.2. The van der Waals surface area contributed by atoms with Gasteiger partial charge in [-0.25, -0.2) is 4.68 Å². The lowest BCUT2D eigenvalue weighted by atomic mass is 10.2. The highest BCUT2D eigenvalue weighted by atomic mass is 32.2. The molecule has 2 rings (SSSR count). The number of alkyl halides is 3. The highest BCUT2D eigenvalue weighted by Gasteiger charge is 2.29. The summed E-state index contributed by atoms with van der Waals surface area (Å²) < 4.78 is 48.5. The molecule has 0 saturated carbocycles. The van der Waals surface area contributed by atoms with Crippen LogP contribution in [0.2, 0.25) is 0 Å². The van der Waals surface area contributed by atoms with Crippen molar-refractivity contribution in [1.82, 2.24) is 9.78 Å². The Kier molecular flexibility index (Phi) is 6.18. The van der Waals surface area contributed by atoms with Gasteiger partial charge in [-0.2, -0.15) is 18.3 Å². The number of rotatable bonds is 7. The van der Waals surface area contributed by atoms with Crippen LogP contribution in [0, 0.1) is 0 Å². The van der Waals surface area contributed by atoms with E-state index in [2.05, 4.69) is 10.4 Å². The van der Waals surface area contributed by atoms with Crippen LogP contribution in [0.3, 0.4) is 0 Å². The van der Waals surface area contributed by atoms with Crippen molar-refractivity contribution >= 4 is 23.5 Å². The number of hydrogen-bond acceptors (Lipinski definition) is 5. The quantitative estimate of drug-likeness (QED) is 0.805. The number of carbonyl (C=O) groups excluding carboxylic acids is 1. The van der Waals surface area contributed by atoms with Crippen LogP contribution in [-0.4, -0.2) is 41.2 Å². The van der Waals surface area contributed by atoms with E-state index in [-0.39, 0.29) is 12.4 Å². The van der Waals surface area contributed by atoms with Gasteiger partial charge in [0.15, 0.2) is 11.5 Å². The summed E-state index contributed by atoms with van der Waals surface area (Å²) in [6.45, 7) is 0.245. The number of benzene rings is 1. The number of methoxy groups -OCH3 is 2. The van der Waals surface area contributed by atoms with Gasteiger partial charge in [0.25, 0.3) is 0 Å². The molecule has 0 aliphatic rings. The second-order valence-electron chi connectivity index (χ2n) is 4.81. The fourth-order valence-electron chi connectivity index (χ4n) is 2.13. The third-order valence-electron chi connectivity index (χ3n) is 3.16. The molecule has 1 N–H and O–H groups in total. The van der Waals surface area contributed by atoms with Crippen LogP contribution in [0.4, 0.5) is 19.0 Å². The van der Waals surface area contributed by atoms with Crippen LogP contribution < -0.4 is 14.8 Å². The molecule has 0 saturated heterocycles. The van der Waals surface area contributed by atoms with Gasteiger partial charge in [0.2, 0.25) is 5.91 Å². The third kappa shape index (κ3) is 5.31. The summed E-state index contributed by atoms with van der Waals surface area (Å²) in [6, 6.07) is 6.82. The summed E-state index contributed by atoms with van der Waals surface area (Å²) in [7, 11) is 3.01. The number of carbonyl (C=O) groups is 1. The van der Waals surface area contributed by atoms with Crippen molar-refractivity contribution in [2.24, 2.45) is 0 Å². The van der Waals surface area contributed by atoms with E-state index in [1.807, 2.05) is 0 Å². The molecule has 25 heavy (non-hydrogen) atoms. The Balaban J connectivity index is 2.11. The van der Waals surface area contributed by atoms with E-state index in [1.165, 1.54) is 31.2 Å². The van der Waals surface area contributed by atoms with Crippen molar-refractivity contribution in [2.45, 2.75) is 12.1 Å². The minimum absolute atomic E-state index is 0.245. The summed E-state index contributed by atoms with van der Waals surface area (Å²) in [5, 5.41) is 6.50. The van der Waals surface area contributed by atoms with Gasteiger partial charge in [-0.15, -0.1) is 0 Å². The maximum Gasteiger partial charge on any atom is 0.442 e. The number of nitrogens with one attached hydrogen (secondary N) is 1. The van der Waals surface area contributed by atoms with Crippen molar-refractivity contribution in [3.8, 4) is 11.5 Å². The van der Waals surface area contributed by atoms with E-state index in [4.69, 9.17) is 9.47 Å². The Labute approximate surface area is 146 Å². The fraction of sp³-hybridized carbons (Fsp3) is 0.333. The molecule has 0 aliphatic heterocycles. The van der Waals surface area contributed by atoms with Gasteiger partial charge in [-0.1, -0.05) is 12.1 Å². The Hall–Kier alpha value is -2.36. The van der Waals surface area contributed by atoms with Gasteiger partial charge in [-0.05, 0) is 17.8 Å². The summed E-state index contributed by atoms with van der Waals surface area (Å²) >= 11 is -0.394. The molecule has 2 aromatic rings. The Morgan fingerprint density at radius 2 is 2.04 bits per heavy atom. The number of ether oxygens (including phenoxy) is 2. The van der Waals surface area contributed by atoms with E-state index in [9.17, 15) is 18.0 Å². The van der Waals surface area contributed by atoms with Crippen molar-refractivity contribution in [2.75, 3.05) is 25.3 Å². The fourth-order valence-corrected chi connectivity index (χ4v) is 2.50. The molecular formula is C15H16F3N3O3S. The van der Waals surface area contributed by atoms with Gasteiger partial charge in [0, 0.05) is 11.6 Å². The number of para-hydroxylation sites is 1. The van der Waals surface area contributed by atoms with E-state index in [0.717, 1.165) is 5.56 Å². The SMILES string of the molecule is COc1cccc(Cn2nccc2NC(=O)CSC(F)(F)F)c1OC. The molecule has 1 aromatic carbocycles. The lowest BCUT2D eigenvalue weighted by molar-refractivity contribution is -0.114. The van der Waals surface area contributed by atoms with Crippen LogP contribution >= 0.6 is 11.8 Å². The van der Waals surface area contributed by atoms with Gasteiger partial charge < -0.3 is 14.8 Å². The Bertz CT molecular complexity index is 734. The molecule has 10 heteroatoms. The standard InChI is InChI=1S/C15H16F3N3O3S/c1-23-11-5-3-4-10(14(11)24-2)8-21-12(6-7-19-21)20-13(22)9-25-15(16,17)18/h3-7H,8-9H2,1-2H3,(H,20,22). The Morgan fingerprint density at radius 1 is 1.28 bits per heavy atom. The molecule has 0 aliphatic carbocycles. The normalized spacial score (nSPS) is 11.2. The predicted molar refractivity (Wildman–Crippen MR) is 88.0 cm³/mol. The first-order valence-corrected chi connectivity index (χ1v) is 8.05. The van der Waals surface area contributed by atoms with Gasteiger partial charge >= 0.3 is 5.51 Å². The predicted octanol–water partition coefficient (Wildman–Crippen LogP) is 3.14. The lowest BCUT2D eigenvalue weighted by Gasteiger charge is -2.14. The molecule has 136 valence electrons. The number of amides is 1. The average Bonchev–Trinajstić information content (AvgIpc) is 2.99. The molecule has 0 unspecified atom stereocenters. The van der Waals surface area contributed by atoms with Crippen molar-refractivity contribution in [3.63, 3.8) is 0 Å². The van der Waals surface area contributed by atoms with E-state index >= 15 is 0 Å². The first kappa shape index (κ1) is 19.0. The van der Waals surface area contributed by atoms with Crippen molar-refractivity contribution < 1.29 is 27.4 Å². The number of thioether (sulfide) groups is 1. The molecular weight excluding hydrogens is 359 g/mol. The summed E-state index contributed by atoms with van der Waals surface area (Å²) in [5.41, 5.74) is -3.71. The molecule has 0 radical (unpaired) electrons. The minimum atomic E-state index is -4.45. The molecule has 1 amide bonds. The second kappa shape index (κ2) is 8.15. The topological polar surface area (TPSA) is 65.4 Å². The van der Waals surface area contributed by atoms with E-state index in [1.54, 1.807) is 18.2 Å². The lowest BCUT2D eigenvalue weighted by Crippen LogP contribution is -2.20. The molecule has 6 nitrogen and oxygen atoms in total. The summed E-state index contributed by atoms with van der Waals surface area (Å²) in [5.74, 6) is -0.138. The molecule has 0 atom stereocenters. The van der Waals surface area contributed by atoms with Crippen LogP contribution in [0.1, 0.15) is 5.56 Å². The van der Waals surface area contributed by atoms with Gasteiger partial charge in [0.1, 0.15) is 5.82 Å². The summed E-state index contributed by atoms with van der Waals surface area (Å²) in [6.07, 6.45) is 1.44. The minimum Gasteiger partial charge on any atom is -0.493 e. The van der Waals surface area contributed by atoms with E-state index < -0.39 is 28.9 Å². The number of halogens is 3. The van der Waals surface area contributed by atoms with Crippen LogP contribution in [0.15, 0.2) is 30.5 Å². The van der Waals surface area contributed by atoms with Gasteiger partial charge in [-0.3, -0.25) is 4.79 Å². The largest absolute Gasteiger partial charge is 0.493 e. The molecule has 0 fully saturated rings. The number of hydrogen-bond donors (Lipinski definition) is 1. The zero-order valence-electron chi connectivity index (χ0n) is 13.5. The maximum atomic E-state index is 12.2. The number of nitrogens with zero attached hydrogens (tertiary/aromatic N) is 2. The zero-order valence-corrected chi connectivity index (χ0v) is 14.3. The monoisotopic (exact) mass is 375 g/mol. The first-order valence-electron chi connectivity index (χ1n) is 7.06. The Morgan fingerprint density at radius 3 is 2.68 bits per heavy atom. The molecule has 0 bridgehead atoms. The summed E-state index contributed by atoms with van der Waals surface area (Å²) in [4.78, 5) is 11.7. The second-order valence-corrected chi connectivity index (χ2v) is 5.85. The van der Waals surface area contributed by atoms with E-state index in [0.29, 0.717) is 11.5 Å². The first-order chi connectivity index (χ1) is 11.8.